The van der Waals surface area contributed by atoms with Crippen molar-refractivity contribution in [3.05, 3.63) is 0 Å². The highest BCUT2D eigenvalue weighted by molar-refractivity contribution is 8.01. The van der Waals surface area contributed by atoms with Crippen molar-refractivity contribution in [3.8, 4) is 0 Å². The second-order valence-corrected chi connectivity index (χ2v) is 9.42. The van der Waals surface area contributed by atoms with Crippen LogP contribution in [0.2, 0.25) is 0 Å². The van der Waals surface area contributed by atoms with Gasteiger partial charge in [-0.2, -0.15) is 0 Å². The first kappa shape index (κ1) is 16.6. The van der Waals surface area contributed by atoms with E-state index in [9.17, 15) is 0 Å². The van der Waals surface area contributed by atoms with Gasteiger partial charge < -0.3 is 19.1 Å². The van der Waals surface area contributed by atoms with E-state index in [1.807, 2.05) is 0 Å². The smallest absolute Gasteiger partial charge is 0.0680 e. The number of thioether (sulfide) groups is 1. The summed E-state index contributed by atoms with van der Waals surface area (Å²) in [5, 5.41) is 0. The zero-order chi connectivity index (χ0) is 15.5. The molecule has 0 N–H and O–H groups in total. The summed E-state index contributed by atoms with van der Waals surface area (Å²) >= 11 is 2.18. The van der Waals surface area contributed by atoms with Crippen molar-refractivity contribution in [2.75, 3.05) is 58.4 Å². The van der Waals surface area contributed by atoms with Gasteiger partial charge in [0.25, 0.3) is 0 Å². The Morgan fingerprint density at radius 1 is 0.957 bits per heavy atom. The average molecular weight is 342 g/mol. The van der Waals surface area contributed by atoms with Crippen molar-refractivity contribution in [1.29, 1.82) is 0 Å². The Balaban J connectivity index is 1.15. The van der Waals surface area contributed by atoms with E-state index in [0.29, 0.717) is 10.9 Å². The third kappa shape index (κ3) is 4.24. The molecule has 1 atom stereocenters. The molecular formula is C18H31NO3S. The molecule has 4 saturated heterocycles. The van der Waals surface area contributed by atoms with Crippen molar-refractivity contribution in [2.45, 2.75) is 43.0 Å². The molecule has 0 aromatic rings. The fourth-order valence-electron chi connectivity index (χ4n) is 4.51. The Kier molecular flexibility index (Phi) is 5.51. The second-order valence-electron chi connectivity index (χ2n) is 7.93. The molecule has 4 rings (SSSR count). The molecule has 1 spiro atoms. The predicted octanol–water partition coefficient (Wildman–Crippen LogP) is 2.42. The van der Waals surface area contributed by atoms with Crippen LogP contribution >= 0.6 is 11.8 Å². The zero-order valence-corrected chi connectivity index (χ0v) is 15.0. The molecule has 0 saturated carbocycles. The zero-order valence-electron chi connectivity index (χ0n) is 14.2. The summed E-state index contributed by atoms with van der Waals surface area (Å²) in [6, 6.07) is 0. The molecule has 0 radical (unpaired) electrons. The quantitative estimate of drug-likeness (QED) is 0.766. The van der Waals surface area contributed by atoms with Crippen molar-refractivity contribution in [2.24, 2.45) is 11.8 Å². The predicted molar refractivity (Wildman–Crippen MR) is 93.1 cm³/mol. The average Bonchev–Trinajstić information content (AvgIpc) is 2.99. The first-order chi connectivity index (χ1) is 11.3. The van der Waals surface area contributed by atoms with Crippen LogP contribution in [0.15, 0.2) is 0 Å². The van der Waals surface area contributed by atoms with Crippen LogP contribution in [0, 0.1) is 11.8 Å². The van der Waals surface area contributed by atoms with E-state index >= 15 is 0 Å². The molecule has 0 amide bonds. The SMILES string of the molecule is C1CC(COC2CSC3(C2)CN(CC2CCOCC2)C3)CCO1. The summed E-state index contributed by atoms with van der Waals surface area (Å²) in [6.07, 6.45) is 6.65. The number of ether oxygens (including phenoxy) is 3. The largest absolute Gasteiger partial charge is 0.381 e. The maximum absolute atomic E-state index is 6.25. The Morgan fingerprint density at radius 3 is 2.30 bits per heavy atom. The summed E-state index contributed by atoms with van der Waals surface area (Å²) in [7, 11) is 0. The van der Waals surface area contributed by atoms with Crippen LogP contribution < -0.4 is 0 Å². The molecule has 0 bridgehead atoms. The van der Waals surface area contributed by atoms with Crippen molar-refractivity contribution in [1.82, 2.24) is 4.90 Å². The monoisotopic (exact) mass is 341 g/mol. The standard InChI is InChI=1S/C18H31NO3S/c1-5-20-6-2-15(1)10-19-13-18(14-19)9-17(12-23-18)22-11-16-3-7-21-8-4-16/h15-17H,1-14H2. The topological polar surface area (TPSA) is 30.9 Å². The summed E-state index contributed by atoms with van der Waals surface area (Å²) < 4.78 is 17.7. The van der Waals surface area contributed by atoms with Gasteiger partial charge in [-0.1, -0.05) is 0 Å². The number of likely N-dealkylation sites (tertiary alicyclic amines) is 1. The molecular weight excluding hydrogens is 310 g/mol. The summed E-state index contributed by atoms with van der Waals surface area (Å²) in [5.74, 6) is 2.80. The van der Waals surface area contributed by atoms with Crippen LogP contribution in [0.3, 0.4) is 0 Å². The molecule has 5 heteroatoms. The van der Waals surface area contributed by atoms with Gasteiger partial charge in [0.1, 0.15) is 0 Å². The van der Waals surface area contributed by atoms with E-state index in [1.165, 1.54) is 57.5 Å². The molecule has 23 heavy (non-hydrogen) atoms. The van der Waals surface area contributed by atoms with Gasteiger partial charge in [-0.15, -0.1) is 11.8 Å². The third-order valence-electron chi connectivity index (χ3n) is 5.96. The highest BCUT2D eigenvalue weighted by Crippen LogP contribution is 2.46. The van der Waals surface area contributed by atoms with E-state index in [4.69, 9.17) is 14.2 Å². The first-order valence-electron chi connectivity index (χ1n) is 9.45. The van der Waals surface area contributed by atoms with Crippen LogP contribution in [0.1, 0.15) is 32.1 Å². The summed E-state index contributed by atoms with van der Waals surface area (Å²) in [6.45, 7) is 8.62. The van der Waals surface area contributed by atoms with Gasteiger partial charge in [-0.3, -0.25) is 0 Å². The second kappa shape index (κ2) is 7.61. The summed E-state index contributed by atoms with van der Waals surface area (Å²) in [4.78, 5) is 2.67. The van der Waals surface area contributed by atoms with Gasteiger partial charge in [-0.05, 0) is 43.9 Å². The van der Waals surface area contributed by atoms with Crippen molar-refractivity contribution in [3.63, 3.8) is 0 Å². The molecule has 0 aromatic heterocycles. The van der Waals surface area contributed by atoms with Gasteiger partial charge in [0.05, 0.1) is 6.10 Å². The highest BCUT2D eigenvalue weighted by Gasteiger charge is 2.49. The fourth-order valence-corrected chi connectivity index (χ4v) is 6.11. The lowest BCUT2D eigenvalue weighted by Crippen LogP contribution is -2.59. The molecule has 0 aliphatic carbocycles. The van der Waals surface area contributed by atoms with E-state index in [0.717, 1.165) is 44.9 Å². The van der Waals surface area contributed by atoms with E-state index < -0.39 is 0 Å². The molecule has 4 aliphatic heterocycles. The number of hydrogen-bond acceptors (Lipinski definition) is 5. The first-order valence-corrected chi connectivity index (χ1v) is 10.4. The molecule has 132 valence electrons. The van der Waals surface area contributed by atoms with Crippen LogP contribution in [-0.4, -0.2) is 74.2 Å². The van der Waals surface area contributed by atoms with Crippen LogP contribution in [-0.2, 0) is 14.2 Å². The minimum absolute atomic E-state index is 0.494. The highest BCUT2D eigenvalue weighted by atomic mass is 32.2. The lowest BCUT2D eigenvalue weighted by molar-refractivity contribution is -0.0160. The van der Waals surface area contributed by atoms with E-state index in [1.54, 1.807) is 0 Å². The van der Waals surface area contributed by atoms with Crippen molar-refractivity contribution < 1.29 is 14.2 Å². The van der Waals surface area contributed by atoms with E-state index in [-0.39, 0.29) is 0 Å². The molecule has 1 unspecified atom stereocenters. The Morgan fingerprint density at radius 2 is 1.61 bits per heavy atom. The number of rotatable bonds is 5. The number of nitrogens with zero attached hydrogens (tertiary/aromatic N) is 1. The van der Waals surface area contributed by atoms with Gasteiger partial charge in [0, 0.05) is 63.2 Å². The maximum atomic E-state index is 6.25. The molecule has 4 nitrogen and oxygen atoms in total. The fraction of sp³-hybridized carbons (Fsp3) is 1.00. The Hall–Kier alpha value is 0.190. The maximum Gasteiger partial charge on any atom is 0.0680 e. The number of hydrogen-bond donors (Lipinski definition) is 0. The minimum atomic E-state index is 0.494. The minimum Gasteiger partial charge on any atom is -0.381 e. The van der Waals surface area contributed by atoms with Gasteiger partial charge in [0.15, 0.2) is 0 Å². The van der Waals surface area contributed by atoms with Gasteiger partial charge in [0.2, 0.25) is 0 Å². The van der Waals surface area contributed by atoms with Crippen LogP contribution in [0.25, 0.3) is 0 Å². The molecule has 4 heterocycles. The lowest BCUT2D eigenvalue weighted by Gasteiger charge is -2.49. The normalized spacial score (nSPS) is 33.1. The molecule has 0 aromatic carbocycles. The Bertz CT molecular complexity index is 376. The molecule has 4 fully saturated rings. The lowest BCUT2D eigenvalue weighted by atomic mass is 9.90. The van der Waals surface area contributed by atoms with Gasteiger partial charge >= 0.3 is 0 Å². The van der Waals surface area contributed by atoms with Crippen LogP contribution in [0.4, 0.5) is 0 Å². The van der Waals surface area contributed by atoms with Crippen LogP contribution in [0.5, 0.6) is 0 Å². The summed E-state index contributed by atoms with van der Waals surface area (Å²) in [5.41, 5.74) is 0. The Labute approximate surface area is 144 Å². The van der Waals surface area contributed by atoms with Gasteiger partial charge in [-0.25, -0.2) is 0 Å². The van der Waals surface area contributed by atoms with Crippen molar-refractivity contribution >= 4 is 11.8 Å². The van der Waals surface area contributed by atoms with E-state index in [2.05, 4.69) is 16.7 Å². The molecule has 4 aliphatic rings. The third-order valence-corrected chi connectivity index (χ3v) is 7.54.